The van der Waals surface area contributed by atoms with E-state index in [1.54, 1.807) is 0 Å². The normalized spacial score (nSPS) is 12.2. The van der Waals surface area contributed by atoms with Gasteiger partial charge in [0.15, 0.2) is 0 Å². The Bertz CT molecular complexity index is 556. The van der Waals surface area contributed by atoms with Crippen LogP contribution in [0.3, 0.4) is 0 Å². The zero-order valence-electron chi connectivity index (χ0n) is 23.9. The Morgan fingerprint density at radius 2 is 0.694 bits per heavy atom. The summed E-state index contributed by atoms with van der Waals surface area (Å²) in [6.07, 6.45) is 48.1. The van der Waals surface area contributed by atoms with E-state index in [4.69, 9.17) is 5.11 Å². The van der Waals surface area contributed by atoms with Crippen LogP contribution in [0.5, 0.6) is 0 Å². The first kappa shape index (κ1) is 34.4. The van der Waals surface area contributed by atoms with Crippen LogP contribution in [-0.2, 0) is 4.79 Å². The molecule has 1 N–H and O–H groups in total. The fraction of sp³-hybridized carbons (Fsp3) is 0.735. The van der Waals surface area contributed by atoms with E-state index in [-0.39, 0.29) is 6.42 Å². The largest absolute Gasteiger partial charge is 0.481 e. The molecule has 0 saturated carbocycles. The lowest BCUT2D eigenvalue weighted by Gasteiger charge is -2.03. The number of carbonyl (C=O) groups is 1. The Morgan fingerprint density at radius 3 is 1.03 bits per heavy atom. The molecule has 0 radical (unpaired) electrons. The van der Waals surface area contributed by atoms with Crippen LogP contribution in [0.15, 0.2) is 48.6 Å². The second kappa shape index (κ2) is 31.5. The number of hydrogen-bond donors (Lipinski definition) is 1. The summed E-state index contributed by atoms with van der Waals surface area (Å²) in [7, 11) is 0. The summed E-state index contributed by atoms with van der Waals surface area (Å²) >= 11 is 0. The van der Waals surface area contributed by atoms with Crippen molar-refractivity contribution in [2.24, 2.45) is 0 Å². The van der Waals surface area contributed by atoms with Crippen molar-refractivity contribution in [3.8, 4) is 0 Å². The van der Waals surface area contributed by atoms with Crippen LogP contribution < -0.4 is 0 Å². The third kappa shape index (κ3) is 32.4. The van der Waals surface area contributed by atoms with E-state index in [2.05, 4.69) is 49.5 Å². The van der Waals surface area contributed by atoms with Gasteiger partial charge in [-0.05, 0) is 57.8 Å². The third-order valence-corrected chi connectivity index (χ3v) is 6.67. The zero-order chi connectivity index (χ0) is 26.2. The maximum absolute atomic E-state index is 10.4. The van der Waals surface area contributed by atoms with Gasteiger partial charge in [0.25, 0.3) is 0 Å². The summed E-state index contributed by atoms with van der Waals surface area (Å²) in [6.45, 7) is 2.29. The summed E-state index contributed by atoms with van der Waals surface area (Å²) in [5.41, 5.74) is 0. The summed E-state index contributed by atoms with van der Waals surface area (Å²) in [5.74, 6) is -0.723. The minimum atomic E-state index is -0.723. The highest BCUT2D eigenvalue weighted by Gasteiger charge is 1.94. The molecule has 0 aromatic rings. The molecule has 0 heterocycles. The van der Waals surface area contributed by atoms with Crippen LogP contribution in [-0.4, -0.2) is 11.1 Å². The molecule has 0 saturated heterocycles. The van der Waals surface area contributed by atoms with Crippen LogP contribution in [0.2, 0.25) is 0 Å². The number of hydrogen-bond acceptors (Lipinski definition) is 1. The van der Waals surface area contributed by atoms with Gasteiger partial charge in [-0.15, -0.1) is 0 Å². The van der Waals surface area contributed by atoms with Gasteiger partial charge in [0.05, 0.1) is 0 Å². The van der Waals surface area contributed by atoms with Gasteiger partial charge in [-0.2, -0.15) is 0 Å². The lowest BCUT2D eigenvalue weighted by Crippen LogP contribution is -1.91. The molecule has 0 fully saturated rings. The molecule has 0 aliphatic rings. The van der Waals surface area contributed by atoms with Crippen molar-refractivity contribution in [1.29, 1.82) is 0 Å². The number of rotatable bonds is 28. The summed E-state index contributed by atoms with van der Waals surface area (Å²) in [5, 5.41) is 8.57. The fourth-order valence-corrected chi connectivity index (χ4v) is 4.36. The molecule has 0 unspecified atom stereocenters. The first-order valence-corrected chi connectivity index (χ1v) is 15.6. The molecule has 0 atom stereocenters. The maximum atomic E-state index is 10.4. The second-order valence-electron chi connectivity index (χ2n) is 10.3. The van der Waals surface area contributed by atoms with Crippen LogP contribution in [0.25, 0.3) is 0 Å². The minimum absolute atomic E-state index is 0.230. The number of carboxylic acids is 1. The summed E-state index contributed by atoms with van der Waals surface area (Å²) in [6, 6.07) is 0. The van der Waals surface area contributed by atoms with Crippen molar-refractivity contribution in [2.75, 3.05) is 0 Å². The van der Waals surface area contributed by atoms with E-state index >= 15 is 0 Å². The van der Waals surface area contributed by atoms with Gasteiger partial charge in [-0.3, -0.25) is 4.79 Å². The summed E-state index contributed by atoms with van der Waals surface area (Å²) in [4.78, 5) is 10.4. The van der Waals surface area contributed by atoms with Crippen LogP contribution in [0.4, 0.5) is 0 Å². The molecule has 0 amide bonds. The lowest BCUT2D eigenvalue weighted by molar-refractivity contribution is -0.136. The highest BCUT2D eigenvalue weighted by atomic mass is 16.4. The Morgan fingerprint density at radius 1 is 0.417 bits per heavy atom. The monoisotopic (exact) mass is 500 g/mol. The predicted molar refractivity (Wildman–Crippen MR) is 161 cm³/mol. The molecular formula is C34H60O2. The molecule has 0 aliphatic carbocycles. The van der Waals surface area contributed by atoms with Gasteiger partial charge in [0.1, 0.15) is 0 Å². The maximum Gasteiger partial charge on any atom is 0.303 e. The number of carboxylic acid groups (broad SMARTS) is 1. The van der Waals surface area contributed by atoms with E-state index < -0.39 is 5.97 Å². The summed E-state index contributed by atoms with van der Waals surface area (Å²) < 4.78 is 0. The van der Waals surface area contributed by atoms with E-state index in [0.717, 1.165) is 32.1 Å². The van der Waals surface area contributed by atoms with Gasteiger partial charge >= 0.3 is 5.97 Å². The quantitative estimate of drug-likeness (QED) is 0.0856. The van der Waals surface area contributed by atoms with Crippen molar-refractivity contribution in [1.82, 2.24) is 0 Å². The average molecular weight is 501 g/mol. The third-order valence-electron chi connectivity index (χ3n) is 6.67. The highest BCUT2D eigenvalue weighted by Crippen LogP contribution is 2.14. The van der Waals surface area contributed by atoms with Gasteiger partial charge in [-0.25, -0.2) is 0 Å². The Kier molecular flexibility index (Phi) is 30.1. The van der Waals surface area contributed by atoms with Crippen LogP contribution in [0.1, 0.15) is 161 Å². The van der Waals surface area contributed by atoms with Gasteiger partial charge in [0, 0.05) is 6.42 Å². The molecule has 0 aromatic carbocycles. The number of aliphatic carboxylic acids is 1. The standard InChI is InChI=1S/C34H60O2/c1-2-3-4-5-6-7-8-9-10-11-12-13-14-15-16-17-18-19-20-21-22-23-24-25-26-27-28-29-30-31-32-33-34(35)36/h18-19,22-23,26-27,30-31H,2-17,20-21,24-25,28-29,32-33H2,1H3,(H,35,36). The molecule has 208 valence electrons. The zero-order valence-corrected chi connectivity index (χ0v) is 23.9. The molecule has 0 spiro atoms. The number of allylic oxidation sites excluding steroid dienone is 8. The van der Waals surface area contributed by atoms with Crippen molar-refractivity contribution in [3.05, 3.63) is 48.6 Å². The van der Waals surface area contributed by atoms with E-state index in [1.807, 2.05) is 6.08 Å². The molecule has 2 nitrogen and oxygen atoms in total. The van der Waals surface area contributed by atoms with E-state index in [0.29, 0.717) is 6.42 Å². The van der Waals surface area contributed by atoms with E-state index in [9.17, 15) is 4.79 Å². The molecule has 2 heteroatoms. The van der Waals surface area contributed by atoms with Gasteiger partial charge < -0.3 is 5.11 Å². The first-order valence-electron chi connectivity index (χ1n) is 15.6. The van der Waals surface area contributed by atoms with Crippen molar-refractivity contribution in [2.45, 2.75) is 161 Å². The SMILES string of the molecule is CCCCCCCCCCCCCCCCCC=CCCC=CCCC=CCCC=CCCC(=O)O. The molecule has 0 bridgehead atoms. The van der Waals surface area contributed by atoms with Crippen molar-refractivity contribution in [3.63, 3.8) is 0 Å². The molecular weight excluding hydrogens is 440 g/mol. The molecule has 0 aliphatic heterocycles. The lowest BCUT2D eigenvalue weighted by atomic mass is 10.0. The van der Waals surface area contributed by atoms with Crippen LogP contribution >= 0.6 is 0 Å². The van der Waals surface area contributed by atoms with E-state index in [1.165, 1.54) is 109 Å². The highest BCUT2D eigenvalue weighted by molar-refractivity contribution is 5.66. The number of unbranched alkanes of at least 4 members (excludes halogenated alkanes) is 18. The topological polar surface area (TPSA) is 37.3 Å². The van der Waals surface area contributed by atoms with Gasteiger partial charge in [-0.1, -0.05) is 145 Å². The second-order valence-corrected chi connectivity index (χ2v) is 10.3. The molecule has 0 rings (SSSR count). The van der Waals surface area contributed by atoms with Gasteiger partial charge in [0.2, 0.25) is 0 Å². The van der Waals surface area contributed by atoms with Crippen molar-refractivity contribution >= 4 is 5.97 Å². The average Bonchev–Trinajstić information content (AvgIpc) is 2.87. The minimum Gasteiger partial charge on any atom is -0.481 e. The predicted octanol–water partition coefficient (Wildman–Crippen LogP) is 11.7. The van der Waals surface area contributed by atoms with Crippen molar-refractivity contribution < 1.29 is 9.90 Å². The Balaban J connectivity index is 3.25. The fourth-order valence-electron chi connectivity index (χ4n) is 4.36. The Hall–Kier alpha value is -1.57. The van der Waals surface area contributed by atoms with Crippen LogP contribution in [0, 0.1) is 0 Å². The first-order chi connectivity index (χ1) is 17.8. The Labute approximate surface area is 225 Å². The molecule has 36 heavy (non-hydrogen) atoms. The molecule has 0 aromatic heterocycles. The smallest absolute Gasteiger partial charge is 0.303 e.